The quantitative estimate of drug-likeness (QED) is 0.306. The van der Waals surface area contributed by atoms with Gasteiger partial charge in [-0.2, -0.15) is 0 Å². The zero-order valence-electron chi connectivity index (χ0n) is 23.3. The molecule has 7 rings (SSSR count). The van der Waals surface area contributed by atoms with Crippen LogP contribution in [-0.4, -0.2) is 57.6 Å². The maximum Gasteiger partial charge on any atom is 0.329 e. The molecule has 2 fully saturated rings. The Bertz CT molecular complexity index is 1590. The van der Waals surface area contributed by atoms with E-state index in [-0.39, 0.29) is 18.6 Å². The molecule has 216 valence electrons. The summed E-state index contributed by atoms with van der Waals surface area (Å²) in [6.45, 7) is 0.403. The van der Waals surface area contributed by atoms with Gasteiger partial charge in [0.2, 0.25) is 0 Å². The van der Waals surface area contributed by atoms with Crippen LogP contribution in [0.3, 0.4) is 0 Å². The molecular weight excluding hydrogens is 544 g/mol. The maximum absolute atomic E-state index is 14.6. The van der Waals surface area contributed by atoms with Crippen molar-refractivity contribution in [1.29, 1.82) is 0 Å². The summed E-state index contributed by atoms with van der Waals surface area (Å²) in [6.07, 6.45) is 1.07. The van der Waals surface area contributed by atoms with E-state index in [1.807, 2.05) is 109 Å². The van der Waals surface area contributed by atoms with Crippen molar-refractivity contribution in [3.63, 3.8) is 0 Å². The minimum atomic E-state index is -1.22. The van der Waals surface area contributed by atoms with Crippen LogP contribution < -0.4 is 14.5 Å². The summed E-state index contributed by atoms with van der Waals surface area (Å²) >= 11 is 0. The van der Waals surface area contributed by atoms with Crippen LogP contribution in [-0.2, 0) is 11.4 Å². The lowest BCUT2D eigenvalue weighted by Gasteiger charge is -2.47. The van der Waals surface area contributed by atoms with Crippen LogP contribution in [0.4, 0.5) is 32.3 Å². The van der Waals surface area contributed by atoms with Crippen LogP contribution in [0, 0.1) is 0 Å². The molecule has 0 unspecified atom stereocenters. The number of aliphatic carboxylic acids is 1. The van der Waals surface area contributed by atoms with Crippen molar-refractivity contribution in [3.8, 4) is 5.75 Å². The number of carboxylic acid groups (broad SMARTS) is 1. The van der Waals surface area contributed by atoms with Crippen LogP contribution >= 0.6 is 0 Å². The number of carbonyl (C=O) groups is 3. The minimum Gasteiger partial charge on any atom is -0.487 e. The highest BCUT2D eigenvalue weighted by molar-refractivity contribution is 6.04. The van der Waals surface area contributed by atoms with E-state index < -0.39 is 24.1 Å². The van der Waals surface area contributed by atoms with Crippen LogP contribution in [0.15, 0.2) is 109 Å². The van der Waals surface area contributed by atoms with Crippen molar-refractivity contribution < 1.29 is 24.2 Å². The van der Waals surface area contributed by atoms with Gasteiger partial charge in [0.15, 0.2) is 6.04 Å². The van der Waals surface area contributed by atoms with Crippen LogP contribution in [0.2, 0.25) is 0 Å². The summed E-state index contributed by atoms with van der Waals surface area (Å²) in [7, 11) is 0. The molecule has 43 heavy (non-hydrogen) atoms. The van der Waals surface area contributed by atoms with Gasteiger partial charge in [-0.25, -0.2) is 14.4 Å². The first-order valence-electron chi connectivity index (χ1n) is 14.4. The van der Waals surface area contributed by atoms with Crippen LogP contribution in [0.1, 0.15) is 18.4 Å². The number of amides is 4. The van der Waals surface area contributed by atoms with Gasteiger partial charge in [0.05, 0.1) is 34.8 Å². The Morgan fingerprint density at radius 1 is 0.744 bits per heavy atom. The highest BCUT2D eigenvalue weighted by Gasteiger charge is 2.54. The number of hydrogen-bond acceptors (Lipinski definition) is 4. The zero-order valence-corrected chi connectivity index (χ0v) is 23.3. The second-order valence-corrected chi connectivity index (χ2v) is 10.9. The molecule has 3 aliphatic heterocycles. The Morgan fingerprint density at radius 3 is 2.02 bits per heavy atom. The first-order valence-corrected chi connectivity index (χ1v) is 14.4. The second kappa shape index (κ2) is 10.8. The Labute approximate surface area is 249 Å². The Balaban J connectivity index is 1.27. The molecule has 2 bridgehead atoms. The molecule has 4 amide bonds. The number of piperazine rings is 1. The van der Waals surface area contributed by atoms with Gasteiger partial charge in [0.25, 0.3) is 0 Å². The number of anilines is 4. The molecule has 4 aromatic carbocycles. The number of fused-ring (bicyclic) bond motifs is 4. The van der Waals surface area contributed by atoms with Gasteiger partial charge in [0.1, 0.15) is 12.4 Å². The first kappa shape index (κ1) is 26.6. The highest BCUT2D eigenvalue weighted by Crippen LogP contribution is 2.43. The fraction of sp³-hybridized carbons (Fsp3) is 0.206. The Morgan fingerprint density at radius 2 is 1.35 bits per heavy atom. The van der Waals surface area contributed by atoms with Gasteiger partial charge in [0, 0.05) is 12.1 Å². The molecule has 0 aliphatic carbocycles. The third kappa shape index (κ3) is 4.53. The standard InChI is InChI=1S/C34H30N4O5/c39-32(40)31-29-20-19-26(21-35(31)33(41)36(24-12-3-1-4-13-24)25-14-5-2-6-15-25)37(29)34(42)38-27-16-8-7-11-23(27)22-43-30-18-10-9-17-28(30)38/h1-18,26,29,31H,19-22H2,(H,39,40)/t26-,29+,31-/m0/s1. The number of likely N-dealkylation sites (tertiary alicyclic amines) is 1. The van der Waals surface area contributed by atoms with E-state index in [2.05, 4.69) is 0 Å². The number of carbonyl (C=O) groups excluding carboxylic acids is 2. The fourth-order valence-corrected chi connectivity index (χ4v) is 6.62. The van der Waals surface area contributed by atoms with Crippen molar-refractivity contribution in [2.24, 2.45) is 0 Å². The Kier molecular flexibility index (Phi) is 6.69. The van der Waals surface area contributed by atoms with E-state index in [4.69, 9.17) is 4.74 Å². The number of hydrogen-bond donors (Lipinski definition) is 1. The average Bonchev–Trinajstić information content (AvgIpc) is 3.23. The monoisotopic (exact) mass is 574 g/mol. The van der Waals surface area contributed by atoms with Crippen molar-refractivity contribution >= 4 is 40.8 Å². The summed E-state index contributed by atoms with van der Waals surface area (Å²) in [5.74, 6) is -0.568. The van der Waals surface area contributed by atoms with E-state index in [9.17, 15) is 19.5 Å². The number of nitrogens with zero attached hydrogens (tertiary/aromatic N) is 4. The summed E-state index contributed by atoms with van der Waals surface area (Å²) in [4.78, 5) is 48.2. The predicted octanol–water partition coefficient (Wildman–Crippen LogP) is 6.40. The molecular formula is C34H30N4O5. The topological polar surface area (TPSA) is 93.6 Å². The largest absolute Gasteiger partial charge is 0.487 e. The van der Waals surface area contributed by atoms with Gasteiger partial charge in [-0.05, 0) is 55.3 Å². The number of rotatable bonds is 3. The molecule has 0 radical (unpaired) electrons. The van der Waals surface area contributed by atoms with Gasteiger partial charge < -0.3 is 19.6 Å². The molecule has 0 saturated carbocycles. The molecule has 9 heteroatoms. The molecule has 1 N–H and O–H groups in total. The van der Waals surface area contributed by atoms with E-state index in [1.165, 1.54) is 4.90 Å². The predicted molar refractivity (Wildman–Crippen MR) is 162 cm³/mol. The lowest BCUT2D eigenvalue weighted by atomic mass is 10.0. The SMILES string of the molecule is O=C(O)[C@@H]1[C@H]2CC[C@@H](CN1C(=O)N(c1ccccc1)c1ccccc1)N2C(=O)N1c2ccccc2COc2ccccc21. The van der Waals surface area contributed by atoms with Gasteiger partial charge in [-0.3, -0.25) is 9.80 Å². The fourth-order valence-electron chi connectivity index (χ4n) is 6.62. The number of ether oxygens (including phenoxy) is 1. The summed E-state index contributed by atoms with van der Waals surface area (Å²) in [5, 5.41) is 10.6. The summed E-state index contributed by atoms with van der Waals surface area (Å²) in [5.41, 5.74) is 3.41. The van der Waals surface area contributed by atoms with Crippen molar-refractivity contribution in [2.45, 2.75) is 37.6 Å². The lowest BCUT2D eigenvalue weighted by Crippen LogP contribution is -2.67. The first-order chi connectivity index (χ1) is 21.0. The number of para-hydroxylation sites is 5. The summed E-state index contributed by atoms with van der Waals surface area (Å²) in [6, 6.07) is 30.3. The minimum absolute atomic E-state index is 0.0990. The van der Waals surface area contributed by atoms with Gasteiger partial charge >= 0.3 is 18.0 Å². The second-order valence-electron chi connectivity index (χ2n) is 10.9. The third-order valence-electron chi connectivity index (χ3n) is 8.51. The van der Waals surface area contributed by atoms with Gasteiger partial charge in [-0.1, -0.05) is 66.7 Å². The highest BCUT2D eigenvalue weighted by atomic mass is 16.5. The maximum atomic E-state index is 14.6. The number of carboxylic acids is 1. The van der Waals surface area contributed by atoms with Crippen LogP contribution in [0.5, 0.6) is 5.75 Å². The molecule has 2 saturated heterocycles. The van der Waals surface area contributed by atoms with Crippen molar-refractivity contribution in [3.05, 3.63) is 115 Å². The molecule has 0 aromatic heterocycles. The van der Waals surface area contributed by atoms with E-state index >= 15 is 0 Å². The van der Waals surface area contributed by atoms with E-state index in [1.54, 1.807) is 14.7 Å². The number of benzene rings is 4. The average molecular weight is 575 g/mol. The van der Waals surface area contributed by atoms with E-state index in [0.29, 0.717) is 47.9 Å². The zero-order chi connectivity index (χ0) is 29.5. The van der Waals surface area contributed by atoms with Gasteiger partial charge in [-0.15, -0.1) is 0 Å². The molecule has 3 heterocycles. The van der Waals surface area contributed by atoms with Crippen molar-refractivity contribution in [2.75, 3.05) is 16.3 Å². The molecule has 0 spiro atoms. The smallest absolute Gasteiger partial charge is 0.329 e. The normalized spacial score (nSPS) is 20.4. The Hall–Kier alpha value is -5.31. The third-order valence-corrected chi connectivity index (χ3v) is 8.51. The van der Waals surface area contributed by atoms with E-state index in [0.717, 1.165) is 5.56 Å². The van der Waals surface area contributed by atoms with Crippen molar-refractivity contribution in [1.82, 2.24) is 9.80 Å². The molecule has 3 aliphatic rings. The summed E-state index contributed by atoms with van der Waals surface area (Å²) < 4.78 is 6.07. The lowest BCUT2D eigenvalue weighted by molar-refractivity contribution is -0.145. The molecule has 3 atom stereocenters. The molecule has 9 nitrogen and oxygen atoms in total. The number of urea groups is 2. The van der Waals surface area contributed by atoms with Crippen LogP contribution in [0.25, 0.3) is 0 Å². The molecule has 4 aromatic rings.